The van der Waals surface area contributed by atoms with Crippen molar-refractivity contribution in [1.82, 2.24) is 10.2 Å². The largest absolute Gasteiger partial charge is 0.478 e. The van der Waals surface area contributed by atoms with Gasteiger partial charge in [0, 0.05) is 11.4 Å². The number of carbonyl (C=O) groups is 1. The Balaban J connectivity index is 2.18. The molecule has 0 aliphatic heterocycles. The van der Waals surface area contributed by atoms with E-state index in [0.29, 0.717) is 0 Å². The van der Waals surface area contributed by atoms with Crippen LogP contribution in [-0.4, -0.2) is 21.3 Å². The van der Waals surface area contributed by atoms with E-state index >= 15 is 0 Å². The summed E-state index contributed by atoms with van der Waals surface area (Å²) in [7, 11) is 0. The van der Waals surface area contributed by atoms with Crippen LogP contribution in [0.2, 0.25) is 0 Å². The van der Waals surface area contributed by atoms with E-state index in [4.69, 9.17) is 5.11 Å². The number of rotatable bonds is 5. The second kappa shape index (κ2) is 5.56. The summed E-state index contributed by atoms with van der Waals surface area (Å²) >= 11 is 0. The summed E-state index contributed by atoms with van der Waals surface area (Å²) in [4.78, 5) is 10.9. The Hall–Kier alpha value is -2.30. The lowest BCUT2D eigenvalue weighted by atomic mass is 10.1. The van der Waals surface area contributed by atoms with Gasteiger partial charge in [-0.2, -0.15) is 5.10 Å². The molecule has 0 saturated heterocycles. The molecule has 5 heteroatoms. The molecule has 0 radical (unpaired) electrons. The molecule has 1 heterocycles. The number of H-pyrrole nitrogens is 1. The normalized spacial score (nSPS) is 12.1. The van der Waals surface area contributed by atoms with Crippen molar-refractivity contribution in [3.63, 3.8) is 0 Å². The van der Waals surface area contributed by atoms with Crippen molar-refractivity contribution in [1.29, 1.82) is 0 Å². The molecule has 1 atom stereocenters. The highest BCUT2D eigenvalue weighted by atomic mass is 16.4. The highest BCUT2D eigenvalue weighted by Crippen LogP contribution is 2.22. The number of aryl methyl sites for hydroxylation is 1. The molecule has 5 nitrogen and oxygen atoms in total. The standard InChI is InChI=1S/C14H17N3O2/c1-3-12(13-7-9(2)16-17-13)15-11-6-4-5-10(8-11)14(18)19/h4-8,12,15H,3H2,1-2H3,(H,16,17)(H,18,19). The molecule has 0 aliphatic carbocycles. The van der Waals surface area contributed by atoms with Gasteiger partial charge in [0.25, 0.3) is 0 Å². The van der Waals surface area contributed by atoms with Crippen LogP contribution in [0.4, 0.5) is 5.69 Å². The van der Waals surface area contributed by atoms with Gasteiger partial charge in [0.15, 0.2) is 0 Å². The summed E-state index contributed by atoms with van der Waals surface area (Å²) < 4.78 is 0. The Labute approximate surface area is 111 Å². The lowest BCUT2D eigenvalue weighted by Crippen LogP contribution is -2.10. The summed E-state index contributed by atoms with van der Waals surface area (Å²) in [6.07, 6.45) is 0.863. The van der Waals surface area contributed by atoms with Crippen molar-refractivity contribution in [3.8, 4) is 0 Å². The zero-order valence-corrected chi connectivity index (χ0v) is 11.0. The quantitative estimate of drug-likeness (QED) is 0.771. The Morgan fingerprint density at radius 1 is 1.47 bits per heavy atom. The van der Waals surface area contributed by atoms with Gasteiger partial charge in [-0.25, -0.2) is 4.79 Å². The minimum Gasteiger partial charge on any atom is -0.478 e. The molecule has 0 aliphatic rings. The number of nitrogens with zero attached hydrogens (tertiary/aromatic N) is 1. The van der Waals surface area contributed by atoms with Gasteiger partial charge in [0.1, 0.15) is 0 Å². The predicted molar refractivity (Wildman–Crippen MR) is 73.4 cm³/mol. The van der Waals surface area contributed by atoms with Gasteiger partial charge in [0.2, 0.25) is 0 Å². The van der Waals surface area contributed by atoms with Crippen LogP contribution in [0.5, 0.6) is 0 Å². The fourth-order valence-electron chi connectivity index (χ4n) is 1.95. The molecule has 2 rings (SSSR count). The minimum atomic E-state index is -0.924. The molecule has 1 aromatic carbocycles. The number of aromatic nitrogens is 2. The Bertz CT molecular complexity index is 578. The van der Waals surface area contributed by atoms with E-state index in [1.165, 1.54) is 0 Å². The third kappa shape index (κ3) is 3.13. The molecule has 0 amide bonds. The first-order valence-electron chi connectivity index (χ1n) is 6.22. The SMILES string of the molecule is CCC(Nc1cccc(C(=O)O)c1)c1cc(C)[nH]n1. The molecule has 0 spiro atoms. The number of nitrogens with one attached hydrogen (secondary N) is 2. The highest BCUT2D eigenvalue weighted by Gasteiger charge is 2.13. The fraction of sp³-hybridized carbons (Fsp3) is 0.286. The summed E-state index contributed by atoms with van der Waals surface area (Å²) in [6, 6.07) is 8.84. The third-order valence-corrected chi connectivity index (χ3v) is 2.94. The summed E-state index contributed by atoms with van der Waals surface area (Å²) in [5.41, 5.74) is 3.00. The second-order valence-electron chi connectivity index (χ2n) is 4.47. The van der Waals surface area contributed by atoms with Crippen LogP contribution in [-0.2, 0) is 0 Å². The Kier molecular flexibility index (Phi) is 3.85. The van der Waals surface area contributed by atoms with Crippen molar-refractivity contribution in [2.24, 2.45) is 0 Å². The first-order chi connectivity index (χ1) is 9.10. The van der Waals surface area contributed by atoms with Gasteiger partial charge in [-0.3, -0.25) is 5.10 Å². The van der Waals surface area contributed by atoms with Gasteiger partial charge in [-0.15, -0.1) is 0 Å². The predicted octanol–water partition coefficient (Wildman–Crippen LogP) is 2.98. The van der Waals surface area contributed by atoms with Crippen LogP contribution in [0.25, 0.3) is 0 Å². The molecule has 0 saturated carbocycles. The smallest absolute Gasteiger partial charge is 0.335 e. The zero-order chi connectivity index (χ0) is 13.8. The molecule has 1 unspecified atom stereocenters. The topological polar surface area (TPSA) is 78.0 Å². The van der Waals surface area contributed by atoms with Gasteiger partial charge < -0.3 is 10.4 Å². The van der Waals surface area contributed by atoms with E-state index in [-0.39, 0.29) is 11.6 Å². The number of carboxylic acids is 1. The maximum absolute atomic E-state index is 10.9. The monoisotopic (exact) mass is 259 g/mol. The molecule has 0 fully saturated rings. The van der Waals surface area contributed by atoms with E-state index < -0.39 is 5.97 Å². The average molecular weight is 259 g/mol. The van der Waals surface area contributed by atoms with E-state index in [9.17, 15) is 4.79 Å². The zero-order valence-electron chi connectivity index (χ0n) is 11.0. The molecular formula is C14H17N3O2. The van der Waals surface area contributed by atoms with Crippen molar-refractivity contribution in [3.05, 3.63) is 47.3 Å². The average Bonchev–Trinajstić information content (AvgIpc) is 2.83. The maximum atomic E-state index is 10.9. The fourth-order valence-corrected chi connectivity index (χ4v) is 1.95. The summed E-state index contributed by atoms with van der Waals surface area (Å²) in [6.45, 7) is 4.01. The van der Waals surface area contributed by atoms with Crippen LogP contribution < -0.4 is 5.32 Å². The molecule has 100 valence electrons. The molecular weight excluding hydrogens is 242 g/mol. The molecule has 19 heavy (non-hydrogen) atoms. The van der Waals surface area contributed by atoms with Gasteiger partial charge in [0.05, 0.1) is 17.3 Å². The third-order valence-electron chi connectivity index (χ3n) is 2.94. The van der Waals surface area contributed by atoms with Gasteiger partial charge in [-0.1, -0.05) is 13.0 Å². The van der Waals surface area contributed by atoms with Gasteiger partial charge >= 0.3 is 5.97 Å². The Morgan fingerprint density at radius 3 is 2.84 bits per heavy atom. The number of aromatic carboxylic acids is 1. The van der Waals surface area contributed by atoms with E-state index in [1.807, 2.05) is 19.1 Å². The van der Waals surface area contributed by atoms with Crippen LogP contribution in [0, 0.1) is 6.92 Å². The van der Waals surface area contributed by atoms with E-state index in [2.05, 4.69) is 22.4 Å². The van der Waals surface area contributed by atoms with Crippen molar-refractivity contribution in [2.45, 2.75) is 26.3 Å². The van der Waals surface area contributed by atoms with Crippen LogP contribution >= 0.6 is 0 Å². The molecule has 0 bridgehead atoms. The second-order valence-corrected chi connectivity index (χ2v) is 4.47. The van der Waals surface area contributed by atoms with Crippen molar-refractivity contribution < 1.29 is 9.90 Å². The number of anilines is 1. The van der Waals surface area contributed by atoms with E-state index in [1.54, 1.807) is 18.2 Å². The van der Waals surface area contributed by atoms with Crippen molar-refractivity contribution >= 4 is 11.7 Å². The van der Waals surface area contributed by atoms with Gasteiger partial charge in [-0.05, 0) is 37.6 Å². The lowest BCUT2D eigenvalue weighted by molar-refractivity contribution is 0.0697. The van der Waals surface area contributed by atoms with Crippen LogP contribution in [0.3, 0.4) is 0 Å². The number of aromatic amines is 1. The maximum Gasteiger partial charge on any atom is 0.335 e. The number of hydrogen-bond donors (Lipinski definition) is 3. The Morgan fingerprint density at radius 2 is 2.26 bits per heavy atom. The molecule has 1 aromatic heterocycles. The van der Waals surface area contributed by atoms with Crippen LogP contribution in [0.1, 0.15) is 41.1 Å². The summed E-state index contributed by atoms with van der Waals surface area (Å²) in [5, 5.41) is 19.4. The van der Waals surface area contributed by atoms with Crippen molar-refractivity contribution in [2.75, 3.05) is 5.32 Å². The number of benzene rings is 1. The minimum absolute atomic E-state index is 0.0639. The number of carboxylic acid groups (broad SMARTS) is 1. The van der Waals surface area contributed by atoms with E-state index in [0.717, 1.165) is 23.5 Å². The highest BCUT2D eigenvalue weighted by molar-refractivity contribution is 5.88. The summed E-state index contributed by atoms with van der Waals surface area (Å²) in [5.74, 6) is -0.924. The molecule has 2 aromatic rings. The van der Waals surface area contributed by atoms with Crippen LogP contribution in [0.15, 0.2) is 30.3 Å². The number of hydrogen-bond acceptors (Lipinski definition) is 3. The first kappa shape index (κ1) is 13.1. The first-order valence-corrected chi connectivity index (χ1v) is 6.22. The lowest BCUT2D eigenvalue weighted by Gasteiger charge is -2.16. The molecule has 3 N–H and O–H groups in total.